The molecule has 0 spiro atoms. The third-order valence-corrected chi connectivity index (χ3v) is 5.14. The minimum Gasteiger partial charge on any atom is -0.355 e. The standard InChI is InChI=1S/C21H25FN2O2S/c1-3-23-21(26)16(2)24(13-18-11-7-8-12-19(18)22)20(25)15-27-14-17-9-5-4-6-10-17/h4-12,16H,3,13-15H2,1-2H3,(H,23,26). The summed E-state index contributed by atoms with van der Waals surface area (Å²) in [5, 5.41) is 2.73. The van der Waals surface area contributed by atoms with E-state index in [0.29, 0.717) is 17.9 Å². The molecular weight excluding hydrogens is 363 g/mol. The van der Waals surface area contributed by atoms with Gasteiger partial charge in [-0.3, -0.25) is 9.59 Å². The Kier molecular flexibility index (Phi) is 8.33. The van der Waals surface area contributed by atoms with E-state index in [2.05, 4.69) is 5.32 Å². The molecule has 0 fully saturated rings. The first-order chi connectivity index (χ1) is 13.0. The zero-order valence-electron chi connectivity index (χ0n) is 15.7. The van der Waals surface area contributed by atoms with Gasteiger partial charge in [0.05, 0.1) is 5.75 Å². The highest BCUT2D eigenvalue weighted by Crippen LogP contribution is 2.17. The molecule has 0 aliphatic heterocycles. The first-order valence-electron chi connectivity index (χ1n) is 8.95. The van der Waals surface area contributed by atoms with Crippen LogP contribution in [0.1, 0.15) is 25.0 Å². The topological polar surface area (TPSA) is 49.4 Å². The van der Waals surface area contributed by atoms with E-state index >= 15 is 0 Å². The summed E-state index contributed by atoms with van der Waals surface area (Å²) in [6.45, 7) is 4.04. The summed E-state index contributed by atoms with van der Waals surface area (Å²) in [6, 6.07) is 15.5. The van der Waals surface area contributed by atoms with Crippen LogP contribution in [0.15, 0.2) is 54.6 Å². The summed E-state index contributed by atoms with van der Waals surface area (Å²) < 4.78 is 14.1. The predicted molar refractivity (Wildman–Crippen MR) is 108 cm³/mol. The van der Waals surface area contributed by atoms with Gasteiger partial charge in [-0.15, -0.1) is 11.8 Å². The van der Waals surface area contributed by atoms with E-state index in [1.807, 2.05) is 37.3 Å². The fourth-order valence-corrected chi connectivity index (χ4v) is 3.50. The molecule has 6 heteroatoms. The lowest BCUT2D eigenvalue weighted by Gasteiger charge is -2.28. The van der Waals surface area contributed by atoms with E-state index < -0.39 is 6.04 Å². The molecule has 0 heterocycles. The normalized spacial score (nSPS) is 11.7. The molecule has 4 nitrogen and oxygen atoms in total. The number of benzene rings is 2. The van der Waals surface area contributed by atoms with E-state index in [0.717, 1.165) is 5.56 Å². The van der Waals surface area contributed by atoms with Crippen LogP contribution in [-0.4, -0.2) is 35.1 Å². The van der Waals surface area contributed by atoms with Crippen molar-refractivity contribution in [1.82, 2.24) is 10.2 Å². The van der Waals surface area contributed by atoms with Crippen molar-refractivity contribution < 1.29 is 14.0 Å². The second-order valence-electron chi connectivity index (χ2n) is 6.16. The summed E-state index contributed by atoms with van der Waals surface area (Å²) in [7, 11) is 0. The molecular formula is C21H25FN2O2S. The molecule has 1 unspecified atom stereocenters. The molecule has 2 rings (SSSR count). The molecule has 0 aliphatic rings. The highest BCUT2D eigenvalue weighted by atomic mass is 32.2. The molecule has 1 atom stereocenters. The van der Waals surface area contributed by atoms with Crippen LogP contribution >= 0.6 is 11.8 Å². The number of thioether (sulfide) groups is 1. The number of nitrogens with one attached hydrogen (secondary N) is 1. The Balaban J connectivity index is 2.06. The molecule has 27 heavy (non-hydrogen) atoms. The smallest absolute Gasteiger partial charge is 0.242 e. The first-order valence-corrected chi connectivity index (χ1v) is 10.1. The monoisotopic (exact) mass is 388 g/mol. The molecule has 0 radical (unpaired) electrons. The van der Waals surface area contributed by atoms with Gasteiger partial charge in [-0.2, -0.15) is 0 Å². The van der Waals surface area contributed by atoms with Gasteiger partial charge in [-0.1, -0.05) is 48.5 Å². The van der Waals surface area contributed by atoms with Crippen molar-refractivity contribution in [3.8, 4) is 0 Å². The lowest BCUT2D eigenvalue weighted by molar-refractivity contribution is -0.138. The van der Waals surface area contributed by atoms with Crippen molar-refractivity contribution in [1.29, 1.82) is 0 Å². The number of amides is 2. The summed E-state index contributed by atoms with van der Waals surface area (Å²) in [4.78, 5) is 26.5. The highest BCUT2D eigenvalue weighted by molar-refractivity contribution is 7.99. The van der Waals surface area contributed by atoms with Crippen molar-refractivity contribution in [2.24, 2.45) is 0 Å². The fraction of sp³-hybridized carbons (Fsp3) is 0.333. The summed E-state index contributed by atoms with van der Waals surface area (Å²) in [5.74, 6) is 0.131. The SMILES string of the molecule is CCNC(=O)C(C)N(Cc1ccccc1F)C(=O)CSCc1ccccc1. The van der Waals surface area contributed by atoms with Gasteiger partial charge < -0.3 is 10.2 Å². The van der Waals surface area contributed by atoms with Gasteiger partial charge in [0, 0.05) is 24.4 Å². The number of nitrogens with zero attached hydrogens (tertiary/aromatic N) is 1. The minimum absolute atomic E-state index is 0.0652. The third kappa shape index (κ3) is 6.40. The molecule has 0 bridgehead atoms. The minimum atomic E-state index is -0.672. The summed E-state index contributed by atoms with van der Waals surface area (Å²) in [5.41, 5.74) is 1.53. The highest BCUT2D eigenvalue weighted by Gasteiger charge is 2.26. The van der Waals surface area contributed by atoms with Gasteiger partial charge in [-0.05, 0) is 25.5 Å². The molecule has 0 saturated carbocycles. The van der Waals surface area contributed by atoms with Crippen molar-refractivity contribution in [2.45, 2.75) is 32.2 Å². The van der Waals surface area contributed by atoms with Crippen LogP contribution in [-0.2, 0) is 21.9 Å². The second-order valence-corrected chi connectivity index (χ2v) is 7.15. The zero-order chi connectivity index (χ0) is 19.6. The average Bonchev–Trinajstić information content (AvgIpc) is 2.67. The second kappa shape index (κ2) is 10.7. The van der Waals surface area contributed by atoms with Crippen molar-refractivity contribution in [2.75, 3.05) is 12.3 Å². The summed E-state index contributed by atoms with van der Waals surface area (Å²) in [6.07, 6.45) is 0. The van der Waals surface area contributed by atoms with Gasteiger partial charge in [0.2, 0.25) is 11.8 Å². The number of halogens is 1. The fourth-order valence-electron chi connectivity index (χ4n) is 2.63. The Labute approximate surface area is 164 Å². The number of likely N-dealkylation sites (N-methyl/N-ethyl adjacent to an activating group) is 1. The number of hydrogen-bond donors (Lipinski definition) is 1. The maximum Gasteiger partial charge on any atom is 0.242 e. The quantitative estimate of drug-likeness (QED) is 0.714. The molecule has 0 aliphatic carbocycles. The predicted octanol–water partition coefficient (Wildman–Crippen LogP) is 3.61. The van der Waals surface area contributed by atoms with Crippen molar-refractivity contribution in [3.05, 3.63) is 71.5 Å². The van der Waals surface area contributed by atoms with Crippen LogP contribution in [0.5, 0.6) is 0 Å². The van der Waals surface area contributed by atoms with Crippen molar-refractivity contribution >= 4 is 23.6 Å². The zero-order valence-corrected chi connectivity index (χ0v) is 16.5. The van der Waals surface area contributed by atoms with Gasteiger partial charge in [-0.25, -0.2) is 4.39 Å². The Morgan fingerprint density at radius 2 is 1.78 bits per heavy atom. The lowest BCUT2D eigenvalue weighted by atomic mass is 10.1. The summed E-state index contributed by atoms with van der Waals surface area (Å²) >= 11 is 1.48. The van der Waals surface area contributed by atoms with Gasteiger partial charge >= 0.3 is 0 Å². The Morgan fingerprint density at radius 3 is 2.44 bits per heavy atom. The molecule has 2 amide bonds. The molecule has 1 N–H and O–H groups in total. The van der Waals surface area contributed by atoms with E-state index in [9.17, 15) is 14.0 Å². The van der Waals surface area contributed by atoms with Crippen LogP contribution in [0.25, 0.3) is 0 Å². The van der Waals surface area contributed by atoms with E-state index in [1.54, 1.807) is 25.1 Å². The van der Waals surface area contributed by atoms with Crippen LogP contribution in [0.3, 0.4) is 0 Å². The van der Waals surface area contributed by atoms with Crippen LogP contribution < -0.4 is 5.32 Å². The maximum absolute atomic E-state index is 14.1. The number of hydrogen-bond acceptors (Lipinski definition) is 3. The number of carbonyl (C=O) groups excluding carboxylic acids is 2. The molecule has 0 aromatic heterocycles. The third-order valence-electron chi connectivity index (χ3n) is 4.15. The molecule has 0 saturated heterocycles. The van der Waals surface area contributed by atoms with Crippen LogP contribution in [0.4, 0.5) is 4.39 Å². The van der Waals surface area contributed by atoms with E-state index in [-0.39, 0.29) is 29.9 Å². The number of carbonyl (C=O) groups is 2. The van der Waals surface area contributed by atoms with Gasteiger partial charge in [0.15, 0.2) is 0 Å². The van der Waals surface area contributed by atoms with Crippen LogP contribution in [0.2, 0.25) is 0 Å². The van der Waals surface area contributed by atoms with Gasteiger partial charge in [0.1, 0.15) is 11.9 Å². The molecule has 2 aromatic rings. The molecule has 2 aromatic carbocycles. The van der Waals surface area contributed by atoms with E-state index in [1.165, 1.54) is 22.7 Å². The Hall–Kier alpha value is -2.34. The Morgan fingerprint density at radius 1 is 1.11 bits per heavy atom. The molecule has 144 valence electrons. The first kappa shape index (κ1) is 21.0. The largest absolute Gasteiger partial charge is 0.355 e. The van der Waals surface area contributed by atoms with Gasteiger partial charge in [0.25, 0.3) is 0 Å². The Bertz CT molecular complexity index is 755. The van der Waals surface area contributed by atoms with E-state index in [4.69, 9.17) is 0 Å². The lowest BCUT2D eigenvalue weighted by Crippen LogP contribution is -2.48. The van der Waals surface area contributed by atoms with Crippen molar-refractivity contribution in [3.63, 3.8) is 0 Å². The average molecular weight is 389 g/mol. The maximum atomic E-state index is 14.1. The number of rotatable bonds is 9. The van der Waals surface area contributed by atoms with Crippen LogP contribution in [0, 0.1) is 5.82 Å².